The van der Waals surface area contributed by atoms with E-state index < -0.39 is 57.2 Å². The van der Waals surface area contributed by atoms with Gasteiger partial charge in [-0.3, -0.25) is 0 Å². The number of hydrogen-bond donors (Lipinski definition) is 0. The minimum Gasteiger partial charge on any atom is -0.369 e. The van der Waals surface area contributed by atoms with E-state index in [2.05, 4.69) is 22.4 Å². The summed E-state index contributed by atoms with van der Waals surface area (Å²) in [6.07, 6.45) is 4.16. The number of nitrogens with zero attached hydrogens (tertiary/aromatic N) is 4. The van der Waals surface area contributed by atoms with Crippen molar-refractivity contribution in [3.63, 3.8) is 0 Å². The number of unbranched alkanes of at least 4 members (excludes halogenated alkanes) is 4. The van der Waals surface area contributed by atoms with Crippen molar-refractivity contribution in [2.24, 2.45) is 0 Å². The maximum atomic E-state index is 14.0. The Bertz CT molecular complexity index is 1390. The number of methoxy groups -OCH3 is 1. The van der Waals surface area contributed by atoms with Crippen molar-refractivity contribution >= 4 is 9.84 Å². The van der Waals surface area contributed by atoms with Crippen LogP contribution in [-0.4, -0.2) is 102 Å². The zero-order chi connectivity index (χ0) is 33.8. The van der Waals surface area contributed by atoms with Crippen LogP contribution in [0, 0.1) is 0 Å². The van der Waals surface area contributed by atoms with E-state index in [4.69, 9.17) is 33.2 Å². The number of para-hydroxylation sites is 1. The van der Waals surface area contributed by atoms with E-state index in [1.165, 1.54) is 31.1 Å². The molecule has 3 aliphatic rings. The molecule has 1 aromatic heterocycles. The Morgan fingerprint density at radius 1 is 0.894 bits per heavy atom. The number of ether oxygens (including phenoxy) is 7. The minimum absolute atomic E-state index is 0.0243. The van der Waals surface area contributed by atoms with Crippen LogP contribution < -0.4 is 0 Å². The Morgan fingerprint density at radius 3 is 2.30 bits per heavy atom. The number of aromatic nitrogens is 4. The van der Waals surface area contributed by atoms with Crippen LogP contribution in [0.25, 0.3) is 5.69 Å². The standard InChI is InChI=1S/C33H52N4O9S/c1-8-9-10-11-15-18-24-25(44-32(3,4)43-24)20-27-29-30(46-33(5,6)45-29)28(41-21-40-7)26(42-27)19-22(2)47(38,39)31-34-35-36-37(31)23-16-13-12-14-17-23/h12-14,16-17,22,24-30H,8-11,15,18-21H2,1-7H3/t22?,24-,25-,26+,27-,28-,29-,30+/m1/s1. The molecule has 0 N–H and O–H groups in total. The lowest BCUT2D eigenvalue weighted by Gasteiger charge is -2.43. The second kappa shape index (κ2) is 15.2. The van der Waals surface area contributed by atoms with Gasteiger partial charge < -0.3 is 33.2 Å². The van der Waals surface area contributed by atoms with Gasteiger partial charge in [-0.05, 0) is 70.0 Å². The lowest BCUT2D eigenvalue weighted by Crippen LogP contribution is -2.58. The Balaban J connectivity index is 1.38. The Hall–Kier alpha value is -2.04. The molecule has 2 aromatic rings. The molecule has 0 saturated carbocycles. The second-order valence-corrected chi connectivity index (χ2v) is 16.0. The molecule has 0 spiro atoms. The summed E-state index contributed by atoms with van der Waals surface area (Å²) in [5, 5.41) is 10.4. The Kier molecular flexibility index (Phi) is 11.8. The second-order valence-electron chi connectivity index (χ2n) is 13.8. The topological polar surface area (TPSA) is 142 Å². The first kappa shape index (κ1) is 36.2. The van der Waals surface area contributed by atoms with Gasteiger partial charge in [0.1, 0.15) is 25.1 Å². The molecular weight excluding hydrogens is 628 g/mol. The van der Waals surface area contributed by atoms with E-state index in [-0.39, 0.29) is 30.6 Å². The smallest absolute Gasteiger partial charge is 0.272 e. The quantitative estimate of drug-likeness (QED) is 0.178. The number of rotatable bonds is 16. The number of fused-ring (bicyclic) bond motifs is 1. The molecule has 264 valence electrons. The van der Waals surface area contributed by atoms with Gasteiger partial charge >= 0.3 is 0 Å². The average molecular weight is 681 g/mol. The van der Waals surface area contributed by atoms with E-state index in [0.717, 1.165) is 19.3 Å². The van der Waals surface area contributed by atoms with Gasteiger partial charge in [0.25, 0.3) is 5.16 Å². The number of sulfone groups is 1. The van der Waals surface area contributed by atoms with Crippen LogP contribution in [0.1, 0.15) is 92.9 Å². The SMILES string of the molecule is CCCCCCC[C@H]1OC(C)(C)O[C@@H]1C[C@H]1O[C@@H](CC(C)S(=O)(=O)c2nnnn2-c2ccccc2)[C@@H](OCOC)[C@@H]2OC(C)(C)O[C@@H]21. The largest absolute Gasteiger partial charge is 0.369 e. The van der Waals surface area contributed by atoms with Gasteiger partial charge in [0.15, 0.2) is 11.6 Å². The average Bonchev–Trinajstić information content (AvgIpc) is 3.72. The summed E-state index contributed by atoms with van der Waals surface area (Å²) in [4.78, 5) is 0. The number of hydrogen-bond acceptors (Lipinski definition) is 12. The molecule has 0 aliphatic carbocycles. The molecule has 13 nitrogen and oxygen atoms in total. The van der Waals surface area contributed by atoms with Gasteiger partial charge in [-0.2, -0.15) is 4.68 Å². The molecule has 8 atom stereocenters. The third-order valence-electron chi connectivity index (χ3n) is 9.08. The molecule has 3 fully saturated rings. The Morgan fingerprint density at radius 2 is 1.57 bits per heavy atom. The van der Waals surface area contributed by atoms with Crippen molar-refractivity contribution in [3.8, 4) is 5.69 Å². The van der Waals surface area contributed by atoms with Crippen molar-refractivity contribution < 1.29 is 41.6 Å². The van der Waals surface area contributed by atoms with E-state index in [9.17, 15) is 8.42 Å². The fourth-order valence-electron chi connectivity index (χ4n) is 6.93. The minimum atomic E-state index is -4.00. The molecule has 1 aromatic carbocycles. The molecule has 4 heterocycles. The summed E-state index contributed by atoms with van der Waals surface area (Å²) in [6, 6.07) is 8.92. The maximum Gasteiger partial charge on any atom is 0.272 e. The van der Waals surface area contributed by atoms with E-state index >= 15 is 0 Å². The lowest BCUT2D eigenvalue weighted by molar-refractivity contribution is -0.231. The summed E-state index contributed by atoms with van der Waals surface area (Å²) in [5.74, 6) is -1.63. The molecule has 1 unspecified atom stereocenters. The third kappa shape index (κ3) is 8.58. The van der Waals surface area contributed by atoms with Gasteiger partial charge in [0.05, 0.1) is 35.4 Å². The molecule has 14 heteroatoms. The first-order valence-electron chi connectivity index (χ1n) is 16.9. The predicted molar refractivity (Wildman–Crippen MR) is 171 cm³/mol. The summed E-state index contributed by atoms with van der Waals surface area (Å²) in [5.41, 5.74) is 0.543. The van der Waals surface area contributed by atoms with Crippen molar-refractivity contribution in [2.75, 3.05) is 13.9 Å². The lowest BCUT2D eigenvalue weighted by atomic mass is 9.89. The van der Waals surface area contributed by atoms with Gasteiger partial charge in [-0.1, -0.05) is 62.3 Å². The van der Waals surface area contributed by atoms with Crippen LogP contribution >= 0.6 is 0 Å². The van der Waals surface area contributed by atoms with Crippen LogP contribution in [-0.2, 0) is 43.0 Å². The van der Waals surface area contributed by atoms with Crippen LogP contribution in [0.3, 0.4) is 0 Å². The van der Waals surface area contributed by atoms with E-state index in [1.807, 2.05) is 33.8 Å². The van der Waals surface area contributed by atoms with Gasteiger partial charge in [0, 0.05) is 13.5 Å². The van der Waals surface area contributed by atoms with Gasteiger partial charge in [0.2, 0.25) is 9.84 Å². The van der Waals surface area contributed by atoms with Crippen molar-refractivity contribution in [1.82, 2.24) is 20.2 Å². The van der Waals surface area contributed by atoms with Gasteiger partial charge in [-0.25, -0.2) is 8.42 Å². The molecule has 0 bridgehead atoms. The van der Waals surface area contributed by atoms with E-state index in [0.29, 0.717) is 12.1 Å². The maximum absolute atomic E-state index is 14.0. The van der Waals surface area contributed by atoms with Gasteiger partial charge in [-0.15, -0.1) is 0 Å². The summed E-state index contributed by atoms with van der Waals surface area (Å²) in [6.45, 7) is 11.4. The zero-order valence-corrected chi connectivity index (χ0v) is 29.6. The van der Waals surface area contributed by atoms with Crippen LogP contribution in [0.4, 0.5) is 0 Å². The van der Waals surface area contributed by atoms with Crippen molar-refractivity contribution in [2.45, 2.75) is 158 Å². The highest BCUT2D eigenvalue weighted by Crippen LogP contribution is 2.43. The predicted octanol–water partition coefficient (Wildman–Crippen LogP) is 4.76. The highest BCUT2D eigenvalue weighted by molar-refractivity contribution is 7.91. The monoisotopic (exact) mass is 680 g/mol. The Labute approximate surface area is 278 Å². The molecule has 0 radical (unpaired) electrons. The first-order chi connectivity index (χ1) is 22.3. The van der Waals surface area contributed by atoms with Crippen LogP contribution in [0.15, 0.2) is 35.5 Å². The molecular formula is C33H52N4O9S. The molecule has 3 saturated heterocycles. The molecule has 5 rings (SSSR count). The zero-order valence-electron chi connectivity index (χ0n) is 28.7. The van der Waals surface area contributed by atoms with Crippen molar-refractivity contribution in [1.29, 1.82) is 0 Å². The molecule has 0 amide bonds. The summed E-state index contributed by atoms with van der Waals surface area (Å²) < 4.78 is 73.1. The molecule has 3 aliphatic heterocycles. The highest BCUT2D eigenvalue weighted by atomic mass is 32.2. The summed E-state index contributed by atoms with van der Waals surface area (Å²) >= 11 is 0. The fourth-order valence-corrected chi connectivity index (χ4v) is 8.27. The fraction of sp³-hybridized carbons (Fsp3) is 0.788. The normalized spacial score (nSPS) is 30.7. The first-order valence-corrected chi connectivity index (χ1v) is 18.4. The van der Waals surface area contributed by atoms with E-state index in [1.54, 1.807) is 31.2 Å². The molecule has 47 heavy (non-hydrogen) atoms. The number of benzene rings is 1. The highest BCUT2D eigenvalue weighted by Gasteiger charge is 2.57. The van der Waals surface area contributed by atoms with Crippen LogP contribution in [0.2, 0.25) is 0 Å². The van der Waals surface area contributed by atoms with Crippen molar-refractivity contribution in [3.05, 3.63) is 30.3 Å². The number of tetrazole rings is 1. The third-order valence-corrected chi connectivity index (χ3v) is 11.1. The van der Waals surface area contributed by atoms with Crippen LogP contribution in [0.5, 0.6) is 0 Å². The summed E-state index contributed by atoms with van der Waals surface area (Å²) in [7, 11) is -2.47.